The van der Waals surface area contributed by atoms with Crippen LogP contribution in [0.4, 0.5) is 34.1 Å². The van der Waals surface area contributed by atoms with Gasteiger partial charge in [0, 0.05) is 55.4 Å². The molecular formula is C82H60N2O2. The van der Waals surface area contributed by atoms with E-state index in [4.69, 9.17) is 8.83 Å². The molecule has 0 saturated carbocycles. The third kappa shape index (κ3) is 8.43. The average Bonchev–Trinajstić information content (AvgIpc) is 1.08. The quantitative estimate of drug-likeness (QED) is 0.114. The molecule has 0 fully saturated rings. The lowest BCUT2D eigenvalue weighted by Gasteiger charge is -2.28. The zero-order chi connectivity index (χ0) is 57.6. The lowest BCUT2D eigenvalue weighted by molar-refractivity contribution is 0.668. The van der Waals surface area contributed by atoms with Crippen LogP contribution in [-0.2, 0) is 0 Å². The molecule has 0 spiro atoms. The first-order valence-electron chi connectivity index (χ1n) is 30.0. The number of fused-ring (bicyclic) bond motifs is 6. The Kier molecular flexibility index (Phi) is 12.2. The first-order valence-corrected chi connectivity index (χ1v) is 30.0. The van der Waals surface area contributed by atoms with Gasteiger partial charge in [0.05, 0.1) is 11.4 Å². The topological polar surface area (TPSA) is 32.8 Å². The Morgan fingerprint density at radius 2 is 0.581 bits per heavy atom. The minimum Gasteiger partial charge on any atom is -0.456 e. The molecule has 2 heterocycles. The van der Waals surface area contributed by atoms with Crippen LogP contribution in [0.5, 0.6) is 0 Å². The normalized spacial score (nSPS) is 11.9. The van der Waals surface area contributed by atoms with Crippen LogP contribution in [0.25, 0.3) is 121 Å². The van der Waals surface area contributed by atoms with Crippen molar-refractivity contribution in [3.8, 4) is 44.5 Å². The van der Waals surface area contributed by atoms with E-state index in [0.717, 1.165) is 100 Å². The first kappa shape index (κ1) is 51.0. The fourth-order valence-electron chi connectivity index (χ4n) is 13.7. The molecule has 4 nitrogen and oxygen atoms in total. The van der Waals surface area contributed by atoms with Gasteiger partial charge in [0.25, 0.3) is 0 Å². The van der Waals surface area contributed by atoms with Crippen molar-refractivity contribution < 1.29 is 8.83 Å². The Hall–Kier alpha value is -10.7. The predicted octanol–water partition coefficient (Wildman–Crippen LogP) is 24.2. The zero-order valence-electron chi connectivity index (χ0n) is 48.4. The number of hydrogen-bond acceptors (Lipinski definition) is 4. The molecule has 0 aliphatic heterocycles. The van der Waals surface area contributed by atoms with Crippen LogP contribution in [-0.4, -0.2) is 0 Å². The number of nitrogens with zero attached hydrogens (tertiary/aromatic N) is 2. The van der Waals surface area contributed by atoms with Crippen molar-refractivity contribution in [2.45, 2.75) is 39.5 Å². The van der Waals surface area contributed by atoms with Gasteiger partial charge in [-0.1, -0.05) is 210 Å². The Balaban J connectivity index is 0.841. The minimum atomic E-state index is 0.288. The van der Waals surface area contributed by atoms with Gasteiger partial charge < -0.3 is 18.6 Å². The second-order valence-electron chi connectivity index (χ2n) is 23.5. The van der Waals surface area contributed by atoms with Crippen molar-refractivity contribution in [2.75, 3.05) is 9.80 Å². The number of furan rings is 2. The molecule has 0 saturated heterocycles. The van der Waals surface area contributed by atoms with Crippen molar-refractivity contribution in [1.82, 2.24) is 0 Å². The summed E-state index contributed by atoms with van der Waals surface area (Å²) in [6, 6.07) is 102. The number of para-hydroxylation sites is 4. The van der Waals surface area contributed by atoms with Crippen LogP contribution >= 0.6 is 0 Å². The highest BCUT2D eigenvalue weighted by Crippen LogP contribution is 2.50. The highest BCUT2D eigenvalue weighted by Gasteiger charge is 2.25. The molecular weight excluding hydrogens is 1040 g/mol. The third-order valence-corrected chi connectivity index (χ3v) is 17.8. The van der Waals surface area contributed by atoms with Gasteiger partial charge >= 0.3 is 0 Å². The van der Waals surface area contributed by atoms with E-state index >= 15 is 0 Å². The molecule has 0 bridgehead atoms. The molecule has 86 heavy (non-hydrogen) atoms. The standard InChI is InChI=1S/C82H60N2O2/c1-51(2)69-49-71(55-31-35-57(36-32-55)83(75-27-15-11-23-61(75)53-19-7-5-8-20-53)59-39-45-79-73(47-59)63-25-13-17-29-77(63)85-79)67-44-42-66-70(52(3)4)50-72(68-43-41-65(69)81(67)82(66)68)56-33-37-58(38-34-56)84(76-28-16-12-24-62(76)54-21-9-6-10-22-54)60-40-46-80-74(48-60)64-26-14-18-30-78(64)86-80/h5-52H,1-4H3. The fraction of sp³-hybridized carbons (Fsp3) is 0.0732. The summed E-state index contributed by atoms with van der Waals surface area (Å²) < 4.78 is 12.7. The largest absolute Gasteiger partial charge is 0.456 e. The maximum Gasteiger partial charge on any atom is 0.135 e. The number of benzene rings is 14. The molecule has 0 unspecified atom stereocenters. The van der Waals surface area contributed by atoms with Crippen LogP contribution in [0.15, 0.2) is 288 Å². The fourth-order valence-corrected chi connectivity index (χ4v) is 13.7. The summed E-state index contributed by atoms with van der Waals surface area (Å²) in [5, 5.41) is 12.2. The first-order chi connectivity index (χ1) is 42.3. The molecule has 4 heteroatoms. The van der Waals surface area contributed by atoms with Crippen molar-refractivity contribution in [3.63, 3.8) is 0 Å². The molecule has 0 N–H and O–H groups in total. The summed E-state index contributed by atoms with van der Waals surface area (Å²) in [7, 11) is 0. The van der Waals surface area contributed by atoms with Gasteiger partial charge in [0.1, 0.15) is 22.3 Å². The molecule has 2 aromatic heterocycles. The van der Waals surface area contributed by atoms with E-state index in [-0.39, 0.29) is 11.8 Å². The van der Waals surface area contributed by atoms with Gasteiger partial charge in [-0.15, -0.1) is 0 Å². The van der Waals surface area contributed by atoms with Gasteiger partial charge in [-0.3, -0.25) is 0 Å². The highest BCUT2D eigenvalue weighted by atomic mass is 16.3. The average molecular weight is 1110 g/mol. The van der Waals surface area contributed by atoms with Gasteiger partial charge in [-0.2, -0.15) is 0 Å². The molecule has 14 aromatic carbocycles. The molecule has 0 aliphatic rings. The van der Waals surface area contributed by atoms with Crippen molar-refractivity contribution in [1.29, 1.82) is 0 Å². The summed E-state index contributed by atoms with van der Waals surface area (Å²) in [5.74, 6) is 0.576. The van der Waals surface area contributed by atoms with E-state index in [1.54, 1.807) is 0 Å². The number of anilines is 6. The molecule has 0 atom stereocenters. The zero-order valence-corrected chi connectivity index (χ0v) is 48.4. The van der Waals surface area contributed by atoms with Gasteiger partial charge in [-0.25, -0.2) is 0 Å². The van der Waals surface area contributed by atoms with Crippen LogP contribution < -0.4 is 9.80 Å². The summed E-state index contributed by atoms with van der Waals surface area (Å²) in [4.78, 5) is 4.81. The summed E-state index contributed by atoms with van der Waals surface area (Å²) in [6.07, 6.45) is 0. The second kappa shape index (κ2) is 20.6. The Morgan fingerprint density at radius 1 is 0.244 bits per heavy atom. The maximum absolute atomic E-state index is 6.36. The summed E-state index contributed by atoms with van der Waals surface area (Å²) >= 11 is 0. The van der Waals surface area contributed by atoms with E-state index < -0.39 is 0 Å². The lowest BCUT2D eigenvalue weighted by Crippen LogP contribution is -2.11. The lowest BCUT2D eigenvalue weighted by atomic mass is 9.81. The third-order valence-electron chi connectivity index (χ3n) is 17.8. The van der Waals surface area contributed by atoms with Crippen LogP contribution in [0.3, 0.4) is 0 Å². The van der Waals surface area contributed by atoms with Gasteiger partial charge in [-0.05, 0) is 186 Å². The SMILES string of the molecule is CC(C)c1cc(-c2ccc(N(c3ccc4oc5ccccc5c4c3)c3ccccc3-c3ccccc3)cc2)c2ccc3c(C(C)C)cc(-c4ccc(N(c5ccc6oc7ccccc7c6c5)c5ccccc5-c5ccccc5)cc4)c4ccc1c2c43. The molecule has 0 radical (unpaired) electrons. The Morgan fingerprint density at radius 3 is 1.00 bits per heavy atom. The van der Waals surface area contributed by atoms with E-state index in [1.165, 1.54) is 65.7 Å². The van der Waals surface area contributed by atoms with E-state index in [9.17, 15) is 0 Å². The van der Waals surface area contributed by atoms with E-state index in [1.807, 2.05) is 24.3 Å². The van der Waals surface area contributed by atoms with Gasteiger partial charge in [0.2, 0.25) is 0 Å². The van der Waals surface area contributed by atoms with Crippen molar-refractivity contribution in [3.05, 3.63) is 290 Å². The monoisotopic (exact) mass is 1100 g/mol. The number of rotatable bonds is 12. The summed E-state index contributed by atoms with van der Waals surface area (Å²) in [5.41, 5.74) is 22.2. The molecule has 16 aromatic rings. The smallest absolute Gasteiger partial charge is 0.135 e. The van der Waals surface area contributed by atoms with E-state index in [0.29, 0.717) is 0 Å². The molecule has 0 aliphatic carbocycles. The van der Waals surface area contributed by atoms with Crippen LogP contribution in [0, 0.1) is 0 Å². The van der Waals surface area contributed by atoms with Crippen molar-refractivity contribution >= 4 is 110 Å². The molecule has 16 rings (SSSR count). The summed E-state index contributed by atoms with van der Waals surface area (Å²) in [6.45, 7) is 9.35. The predicted molar refractivity (Wildman–Crippen MR) is 364 cm³/mol. The van der Waals surface area contributed by atoms with Crippen LogP contribution in [0.1, 0.15) is 50.7 Å². The minimum absolute atomic E-state index is 0.288. The maximum atomic E-state index is 6.36. The van der Waals surface area contributed by atoms with E-state index in [2.05, 4.69) is 292 Å². The van der Waals surface area contributed by atoms with Crippen molar-refractivity contribution in [2.24, 2.45) is 0 Å². The second-order valence-corrected chi connectivity index (χ2v) is 23.5. The molecule has 0 amide bonds. The van der Waals surface area contributed by atoms with Gasteiger partial charge in [0.15, 0.2) is 0 Å². The number of hydrogen-bond donors (Lipinski definition) is 0. The van der Waals surface area contributed by atoms with Crippen LogP contribution in [0.2, 0.25) is 0 Å². The Bertz CT molecular complexity index is 4900. The molecule has 410 valence electrons. The Labute approximate surface area is 500 Å². The highest BCUT2D eigenvalue weighted by molar-refractivity contribution is 6.29.